The third kappa shape index (κ3) is 1.84. The molecule has 1 aliphatic heterocycles. The highest BCUT2D eigenvalue weighted by Crippen LogP contribution is 2.32. The average Bonchev–Trinajstić information content (AvgIpc) is 2.27. The molecule has 0 aromatic heterocycles. The number of allylic oxidation sites excluding steroid dienone is 3. The zero-order valence-corrected chi connectivity index (χ0v) is 9.36. The summed E-state index contributed by atoms with van der Waals surface area (Å²) in [5, 5.41) is 0.598. The fourth-order valence-electron chi connectivity index (χ4n) is 1.84. The first-order valence-electron chi connectivity index (χ1n) is 5.06. The lowest BCUT2D eigenvalue weighted by Gasteiger charge is -2.19. The molecule has 0 aromatic carbocycles. The van der Waals surface area contributed by atoms with Crippen LogP contribution in [0.4, 0.5) is 0 Å². The summed E-state index contributed by atoms with van der Waals surface area (Å²) in [6.07, 6.45) is 5.47. The van der Waals surface area contributed by atoms with Crippen molar-refractivity contribution in [3.8, 4) is 0 Å². The molecule has 1 atom stereocenters. The van der Waals surface area contributed by atoms with E-state index in [1.807, 2.05) is 6.92 Å². The summed E-state index contributed by atoms with van der Waals surface area (Å²) in [5.41, 5.74) is 6.60. The van der Waals surface area contributed by atoms with Gasteiger partial charge in [-0.25, -0.2) is 4.99 Å². The summed E-state index contributed by atoms with van der Waals surface area (Å²) >= 11 is 6.04. The number of hydrogen-bond donors (Lipinski definition) is 0. The van der Waals surface area contributed by atoms with Crippen molar-refractivity contribution < 1.29 is 0 Å². The van der Waals surface area contributed by atoms with Crippen LogP contribution in [0, 0.1) is 5.92 Å². The highest BCUT2D eigenvalue weighted by atomic mass is 35.5. The van der Waals surface area contributed by atoms with Crippen LogP contribution < -0.4 is 0 Å². The van der Waals surface area contributed by atoms with Gasteiger partial charge in [0.15, 0.2) is 0 Å². The van der Waals surface area contributed by atoms with Crippen molar-refractivity contribution in [2.45, 2.75) is 33.1 Å². The van der Waals surface area contributed by atoms with E-state index in [4.69, 9.17) is 11.6 Å². The smallest absolute Gasteiger partial charge is 0.139 e. The molecule has 1 nitrogen and oxygen atoms in total. The van der Waals surface area contributed by atoms with Crippen LogP contribution >= 0.6 is 11.6 Å². The van der Waals surface area contributed by atoms with Crippen molar-refractivity contribution in [3.63, 3.8) is 0 Å². The van der Waals surface area contributed by atoms with E-state index >= 15 is 0 Å². The van der Waals surface area contributed by atoms with Gasteiger partial charge in [-0.05, 0) is 43.8 Å². The summed E-state index contributed by atoms with van der Waals surface area (Å²) in [7, 11) is 0. The first-order valence-corrected chi connectivity index (χ1v) is 5.44. The van der Waals surface area contributed by atoms with E-state index in [9.17, 15) is 0 Å². The molecule has 1 unspecified atom stereocenters. The first kappa shape index (κ1) is 9.76. The van der Waals surface area contributed by atoms with Crippen molar-refractivity contribution in [1.29, 1.82) is 0 Å². The predicted octanol–water partition coefficient (Wildman–Crippen LogP) is 3.81. The molecule has 2 rings (SSSR count). The highest BCUT2D eigenvalue weighted by Gasteiger charge is 2.18. The molecule has 0 radical (unpaired) electrons. The summed E-state index contributed by atoms with van der Waals surface area (Å²) in [4.78, 5) is 4.46. The van der Waals surface area contributed by atoms with Crippen molar-refractivity contribution in [2.75, 3.05) is 0 Å². The van der Waals surface area contributed by atoms with Crippen LogP contribution in [-0.2, 0) is 0 Å². The number of hydrogen-bond acceptors (Lipinski definition) is 1. The van der Waals surface area contributed by atoms with E-state index in [2.05, 4.69) is 23.7 Å². The molecule has 0 amide bonds. The van der Waals surface area contributed by atoms with Gasteiger partial charge < -0.3 is 0 Å². The number of rotatable bonds is 0. The van der Waals surface area contributed by atoms with Gasteiger partial charge in [0.1, 0.15) is 5.17 Å². The van der Waals surface area contributed by atoms with Gasteiger partial charge in [0, 0.05) is 11.3 Å². The van der Waals surface area contributed by atoms with Crippen molar-refractivity contribution in [2.24, 2.45) is 10.9 Å². The second kappa shape index (κ2) is 3.76. The van der Waals surface area contributed by atoms with Crippen molar-refractivity contribution >= 4 is 16.8 Å². The third-order valence-corrected chi connectivity index (χ3v) is 3.19. The Morgan fingerprint density at radius 3 is 3.14 bits per heavy atom. The topological polar surface area (TPSA) is 12.4 Å². The molecule has 0 saturated heterocycles. The Balaban J connectivity index is 2.41. The Bertz CT molecular complexity index is 381. The minimum atomic E-state index is 0.598. The van der Waals surface area contributed by atoms with Crippen LogP contribution in [0.2, 0.25) is 0 Å². The van der Waals surface area contributed by atoms with Crippen LogP contribution in [0.25, 0.3) is 0 Å². The minimum absolute atomic E-state index is 0.598. The summed E-state index contributed by atoms with van der Waals surface area (Å²) in [6.45, 7) is 4.21. The summed E-state index contributed by atoms with van der Waals surface area (Å²) in [5.74, 6) is 0.730. The minimum Gasteiger partial charge on any atom is -0.240 e. The number of nitrogens with zero attached hydrogens (tertiary/aromatic N) is 1. The Morgan fingerprint density at radius 2 is 2.36 bits per heavy atom. The maximum Gasteiger partial charge on any atom is 0.139 e. The molecule has 74 valence electrons. The normalized spacial score (nSPS) is 26.6. The molecule has 0 spiro atoms. The molecule has 14 heavy (non-hydrogen) atoms. The second-order valence-electron chi connectivity index (χ2n) is 4.14. The lowest BCUT2D eigenvalue weighted by atomic mass is 9.88. The molecule has 0 aromatic rings. The Morgan fingerprint density at radius 1 is 1.57 bits per heavy atom. The van der Waals surface area contributed by atoms with Crippen LogP contribution in [0.5, 0.6) is 0 Å². The largest absolute Gasteiger partial charge is 0.240 e. The van der Waals surface area contributed by atoms with Gasteiger partial charge in [-0.15, -0.1) is 5.73 Å². The van der Waals surface area contributed by atoms with Crippen LogP contribution in [0.1, 0.15) is 33.1 Å². The summed E-state index contributed by atoms with van der Waals surface area (Å²) in [6, 6.07) is 0. The molecule has 0 bridgehead atoms. The van der Waals surface area contributed by atoms with Gasteiger partial charge in [-0.2, -0.15) is 0 Å². The van der Waals surface area contributed by atoms with Crippen LogP contribution in [0.3, 0.4) is 0 Å². The first-order chi connectivity index (χ1) is 6.66. The molecule has 2 aliphatic rings. The maximum absolute atomic E-state index is 6.04. The lowest BCUT2D eigenvalue weighted by molar-refractivity contribution is 0.498. The van der Waals surface area contributed by atoms with Gasteiger partial charge in [-0.1, -0.05) is 18.5 Å². The van der Waals surface area contributed by atoms with Crippen LogP contribution in [-0.4, -0.2) is 5.17 Å². The molecular weight excluding hydrogens is 194 g/mol. The van der Waals surface area contributed by atoms with Gasteiger partial charge in [0.2, 0.25) is 0 Å². The monoisotopic (exact) mass is 207 g/mol. The number of aliphatic imine (C=N–C) groups is 1. The van der Waals surface area contributed by atoms with E-state index in [1.54, 1.807) is 0 Å². The third-order valence-electron chi connectivity index (χ3n) is 2.82. The average molecular weight is 208 g/mol. The standard InChI is InChI=1S/C12H14ClN/c1-8-3-5-10-6-4-9(2)12(13)14-11(10)7-8/h6,8H,3,5,7H2,1-2H3. The van der Waals surface area contributed by atoms with Gasteiger partial charge in [-0.3, -0.25) is 0 Å². The Hall–Kier alpha value is -0.780. The van der Waals surface area contributed by atoms with Gasteiger partial charge in [0.25, 0.3) is 0 Å². The zero-order valence-electron chi connectivity index (χ0n) is 8.60. The molecule has 0 N–H and O–H groups in total. The number of halogens is 1. The van der Waals surface area contributed by atoms with Crippen molar-refractivity contribution in [1.82, 2.24) is 0 Å². The fraction of sp³-hybridized carbons (Fsp3) is 0.500. The zero-order chi connectivity index (χ0) is 10.1. The highest BCUT2D eigenvalue weighted by molar-refractivity contribution is 6.69. The van der Waals surface area contributed by atoms with Gasteiger partial charge in [0.05, 0.1) is 0 Å². The molecule has 0 saturated carbocycles. The Labute approximate surface area is 89.9 Å². The van der Waals surface area contributed by atoms with E-state index < -0.39 is 0 Å². The lowest BCUT2D eigenvalue weighted by Crippen LogP contribution is -2.05. The van der Waals surface area contributed by atoms with Crippen LogP contribution in [0.15, 0.2) is 33.6 Å². The molecule has 1 heterocycles. The van der Waals surface area contributed by atoms with E-state index in [0.29, 0.717) is 5.17 Å². The molecular formula is C12H14ClN. The maximum atomic E-state index is 6.04. The second-order valence-corrected chi connectivity index (χ2v) is 4.49. The quantitative estimate of drug-likeness (QED) is 0.536. The van der Waals surface area contributed by atoms with Crippen molar-refractivity contribution in [3.05, 3.63) is 28.7 Å². The SMILES string of the molecule is CC1=C=CC2=C(CC(C)CC2)N=C1Cl. The Kier molecular flexibility index (Phi) is 2.62. The fourth-order valence-corrected chi connectivity index (χ4v) is 2.00. The van der Waals surface area contributed by atoms with E-state index in [0.717, 1.165) is 30.0 Å². The molecule has 0 fully saturated rings. The van der Waals surface area contributed by atoms with E-state index in [1.165, 1.54) is 12.0 Å². The predicted molar refractivity (Wildman–Crippen MR) is 60.6 cm³/mol. The van der Waals surface area contributed by atoms with E-state index in [-0.39, 0.29) is 0 Å². The molecule has 1 aliphatic carbocycles. The van der Waals surface area contributed by atoms with Gasteiger partial charge >= 0.3 is 0 Å². The summed E-state index contributed by atoms with van der Waals surface area (Å²) < 4.78 is 0. The molecule has 2 heteroatoms.